The van der Waals surface area contributed by atoms with Gasteiger partial charge in [0.2, 0.25) is 17.7 Å². The largest absolute Gasteiger partial charge is 0.350 e. The monoisotopic (exact) mass is 473 g/mol. The number of hydrogen-bond acceptors (Lipinski definition) is 5. The number of hydrogen-bond donors (Lipinski definition) is 4. The van der Waals surface area contributed by atoms with E-state index in [1.807, 2.05) is 72.8 Å². The zero-order valence-corrected chi connectivity index (χ0v) is 19.5. The van der Waals surface area contributed by atoms with Crippen molar-refractivity contribution in [1.29, 1.82) is 0 Å². The highest BCUT2D eigenvalue weighted by molar-refractivity contribution is 6.00. The fraction of sp³-hybridized carbons (Fsp3) is 0.296. The summed E-state index contributed by atoms with van der Waals surface area (Å²) in [6.07, 6.45) is 1.41. The summed E-state index contributed by atoms with van der Waals surface area (Å²) >= 11 is 0. The van der Waals surface area contributed by atoms with E-state index in [9.17, 15) is 14.4 Å². The molecule has 0 unspecified atom stereocenters. The number of amides is 3. The Morgan fingerprint density at radius 2 is 1.69 bits per heavy atom. The smallest absolute Gasteiger partial charge is 0.247 e. The average molecular weight is 474 g/mol. The number of nitrogens with zero attached hydrogens (tertiary/aromatic N) is 1. The maximum Gasteiger partial charge on any atom is 0.247 e. The molecule has 3 amide bonds. The summed E-state index contributed by atoms with van der Waals surface area (Å²) in [7, 11) is 0. The Morgan fingerprint density at radius 3 is 2.43 bits per heavy atom. The van der Waals surface area contributed by atoms with Gasteiger partial charge in [0.05, 0.1) is 12.6 Å². The summed E-state index contributed by atoms with van der Waals surface area (Å²) in [5.41, 5.74) is 13.4. The second-order valence-corrected chi connectivity index (χ2v) is 8.89. The summed E-state index contributed by atoms with van der Waals surface area (Å²) in [4.78, 5) is 39.9. The Hall–Kier alpha value is -3.75. The molecule has 3 atom stereocenters. The van der Waals surface area contributed by atoms with Crippen molar-refractivity contribution in [3.8, 4) is 0 Å². The first kappa shape index (κ1) is 24.4. The predicted molar refractivity (Wildman–Crippen MR) is 136 cm³/mol. The molecule has 3 aromatic rings. The third kappa shape index (κ3) is 6.03. The molecule has 1 aliphatic rings. The van der Waals surface area contributed by atoms with E-state index in [-0.39, 0.29) is 36.9 Å². The Bertz CT molecular complexity index is 1200. The van der Waals surface area contributed by atoms with Gasteiger partial charge in [0.1, 0.15) is 6.04 Å². The molecule has 1 saturated heterocycles. The molecular formula is C27H31N5O3. The quantitative estimate of drug-likeness (QED) is 0.396. The van der Waals surface area contributed by atoms with Gasteiger partial charge in [-0.2, -0.15) is 0 Å². The number of nitrogens with one attached hydrogen (secondary N) is 2. The second kappa shape index (κ2) is 11.1. The Morgan fingerprint density at radius 1 is 0.971 bits per heavy atom. The summed E-state index contributed by atoms with van der Waals surface area (Å²) in [6.45, 7) is 0.0500. The van der Waals surface area contributed by atoms with Crippen LogP contribution in [0.15, 0.2) is 72.8 Å². The van der Waals surface area contributed by atoms with Gasteiger partial charge in [-0.1, -0.05) is 60.7 Å². The highest BCUT2D eigenvalue weighted by atomic mass is 16.2. The number of anilines is 1. The molecule has 0 saturated carbocycles. The molecule has 0 aromatic heterocycles. The van der Waals surface area contributed by atoms with Crippen molar-refractivity contribution >= 4 is 34.2 Å². The van der Waals surface area contributed by atoms with Crippen LogP contribution in [0.3, 0.4) is 0 Å². The van der Waals surface area contributed by atoms with Crippen molar-refractivity contribution in [3.05, 3.63) is 78.4 Å². The Kier molecular flexibility index (Phi) is 7.74. The number of benzene rings is 3. The maximum absolute atomic E-state index is 13.3. The molecule has 35 heavy (non-hydrogen) atoms. The SMILES string of the molecule is NCC(=O)N[C@@H]1C[C@@H](C(=O)Nc2ccc3ccccc3c2)N(C(=O)[C@@H](N)CCc2ccccc2)C1. The maximum atomic E-state index is 13.3. The number of carbonyl (C=O) groups excluding carboxylic acids is 3. The highest BCUT2D eigenvalue weighted by Crippen LogP contribution is 2.24. The summed E-state index contributed by atoms with van der Waals surface area (Å²) in [6, 6.07) is 21.5. The van der Waals surface area contributed by atoms with Crippen LogP contribution < -0.4 is 22.1 Å². The van der Waals surface area contributed by atoms with Crippen LogP contribution in [0.5, 0.6) is 0 Å². The predicted octanol–water partition coefficient (Wildman–Crippen LogP) is 1.78. The number of rotatable bonds is 8. The first-order valence-electron chi connectivity index (χ1n) is 11.8. The molecule has 3 aromatic carbocycles. The van der Waals surface area contributed by atoms with Crippen molar-refractivity contribution in [3.63, 3.8) is 0 Å². The van der Waals surface area contributed by atoms with E-state index in [2.05, 4.69) is 10.6 Å². The molecule has 1 fully saturated rings. The topological polar surface area (TPSA) is 131 Å². The third-order valence-corrected chi connectivity index (χ3v) is 6.36. The van der Waals surface area contributed by atoms with E-state index in [1.165, 1.54) is 4.90 Å². The van der Waals surface area contributed by atoms with Crippen molar-refractivity contribution in [2.24, 2.45) is 11.5 Å². The van der Waals surface area contributed by atoms with E-state index >= 15 is 0 Å². The zero-order chi connectivity index (χ0) is 24.8. The van der Waals surface area contributed by atoms with Crippen LogP contribution in [0.4, 0.5) is 5.69 Å². The lowest BCUT2D eigenvalue weighted by molar-refractivity contribution is -0.137. The summed E-state index contributed by atoms with van der Waals surface area (Å²) in [5, 5.41) is 7.81. The van der Waals surface area contributed by atoms with Crippen molar-refractivity contribution < 1.29 is 14.4 Å². The second-order valence-electron chi connectivity index (χ2n) is 8.89. The number of aryl methyl sites for hydroxylation is 1. The van der Waals surface area contributed by atoms with Gasteiger partial charge in [0.15, 0.2) is 0 Å². The van der Waals surface area contributed by atoms with Crippen molar-refractivity contribution in [2.45, 2.75) is 37.4 Å². The van der Waals surface area contributed by atoms with Crippen LogP contribution in [-0.2, 0) is 20.8 Å². The van der Waals surface area contributed by atoms with E-state index in [4.69, 9.17) is 11.5 Å². The van der Waals surface area contributed by atoms with Crippen LogP contribution in [-0.4, -0.2) is 53.8 Å². The average Bonchev–Trinajstić information content (AvgIpc) is 3.31. The molecule has 1 heterocycles. The van der Waals surface area contributed by atoms with Gasteiger partial charge in [0.25, 0.3) is 0 Å². The first-order chi connectivity index (χ1) is 16.9. The van der Waals surface area contributed by atoms with E-state index < -0.39 is 12.1 Å². The van der Waals surface area contributed by atoms with Gasteiger partial charge in [-0.3, -0.25) is 14.4 Å². The molecule has 0 aliphatic carbocycles. The van der Waals surface area contributed by atoms with Crippen molar-refractivity contribution in [1.82, 2.24) is 10.2 Å². The molecule has 0 radical (unpaired) electrons. The minimum Gasteiger partial charge on any atom is -0.350 e. The summed E-state index contributed by atoms with van der Waals surface area (Å²) < 4.78 is 0. The van der Waals surface area contributed by atoms with Gasteiger partial charge < -0.3 is 27.0 Å². The zero-order valence-electron chi connectivity index (χ0n) is 19.5. The number of nitrogens with two attached hydrogens (primary N) is 2. The fourth-order valence-electron chi connectivity index (χ4n) is 4.52. The van der Waals surface area contributed by atoms with Gasteiger partial charge in [-0.05, 0) is 47.7 Å². The Balaban J connectivity index is 1.47. The van der Waals surface area contributed by atoms with Gasteiger partial charge in [0, 0.05) is 18.3 Å². The molecule has 4 rings (SSSR count). The molecule has 8 heteroatoms. The standard InChI is InChI=1S/C27H31N5O3/c28-16-25(33)30-22-15-24(26(34)31-21-12-11-19-8-4-5-9-20(19)14-21)32(17-22)27(35)23(29)13-10-18-6-2-1-3-7-18/h1-9,11-12,14,22-24H,10,13,15-17,28-29H2,(H,30,33)(H,31,34)/t22-,23+,24+/m1/s1. The van der Waals surface area contributed by atoms with Crippen LogP contribution in [0, 0.1) is 0 Å². The van der Waals surface area contributed by atoms with Crippen molar-refractivity contribution in [2.75, 3.05) is 18.4 Å². The van der Waals surface area contributed by atoms with Crippen LogP contribution in [0.2, 0.25) is 0 Å². The van der Waals surface area contributed by atoms with Gasteiger partial charge >= 0.3 is 0 Å². The molecular weight excluding hydrogens is 442 g/mol. The van der Waals surface area contributed by atoms with E-state index in [0.717, 1.165) is 16.3 Å². The van der Waals surface area contributed by atoms with Gasteiger partial charge in [-0.25, -0.2) is 0 Å². The lowest BCUT2D eigenvalue weighted by Gasteiger charge is -2.26. The molecule has 182 valence electrons. The van der Waals surface area contributed by atoms with Gasteiger partial charge in [-0.15, -0.1) is 0 Å². The molecule has 0 bridgehead atoms. The Labute approximate surface area is 204 Å². The molecule has 6 N–H and O–H groups in total. The summed E-state index contributed by atoms with van der Waals surface area (Å²) in [5.74, 6) is -0.941. The normalized spacial score (nSPS) is 18.3. The van der Waals surface area contributed by atoms with Crippen LogP contribution in [0.1, 0.15) is 18.4 Å². The van der Waals surface area contributed by atoms with E-state index in [0.29, 0.717) is 24.9 Å². The van der Waals surface area contributed by atoms with Crippen LogP contribution in [0.25, 0.3) is 10.8 Å². The van der Waals surface area contributed by atoms with E-state index in [1.54, 1.807) is 0 Å². The fourth-order valence-corrected chi connectivity index (χ4v) is 4.52. The highest BCUT2D eigenvalue weighted by Gasteiger charge is 2.41. The number of carbonyl (C=O) groups is 3. The molecule has 1 aliphatic heterocycles. The lowest BCUT2D eigenvalue weighted by atomic mass is 10.0. The third-order valence-electron chi connectivity index (χ3n) is 6.36. The molecule has 8 nitrogen and oxygen atoms in total. The minimum absolute atomic E-state index is 0.158. The molecule has 0 spiro atoms. The van der Waals surface area contributed by atoms with Crippen LogP contribution >= 0.6 is 0 Å². The minimum atomic E-state index is -0.755. The number of likely N-dealkylation sites (tertiary alicyclic amines) is 1. The first-order valence-corrected chi connectivity index (χ1v) is 11.8. The number of fused-ring (bicyclic) bond motifs is 1. The lowest BCUT2D eigenvalue weighted by Crippen LogP contribution is -2.50.